The summed E-state index contributed by atoms with van der Waals surface area (Å²) in [5.41, 5.74) is 0.238. The molecule has 0 saturated heterocycles. The van der Waals surface area contributed by atoms with E-state index in [0.717, 1.165) is 0 Å². The Labute approximate surface area is 103 Å². The van der Waals surface area contributed by atoms with Gasteiger partial charge in [-0.05, 0) is 0 Å². The summed E-state index contributed by atoms with van der Waals surface area (Å²) in [6.07, 6.45) is -4.29. The number of hydrogen-bond donors (Lipinski definition) is 1. The van der Waals surface area contributed by atoms with Crippen LogP contribution in [0.5, 0.6) is 17.2 Å². The Morgan fingerprint density at radius 3 is 1.83 bits per heavy atom. The number of benzene rings is 1. The number of rotatable bonds is 5. The van der Waals surface area contributed by atoms with Gasteiger partial charge in [-0.15, -0.1) is 0 Å². The van der Waals surface area contributed by atoms with E-state index in [-0.39, 0.29) is 5.69 Å². The van der Waals surface area contributed by atoms with E-state index in [1.807, 2.05) is 0 Å². The lowest BCUT2D eigenvalue weighted by molar-refractivity contribution is -0.115. The second kappa shape index (κ2) is 5.70. The van der Waals surface area contributed by atoms with Crippen molar-refractivity contribution in [3.63, 3.8) is 0 Å². The van der Waals surface area contributed by atoms with Crippen molar-refractivity contribution in [3.05, 3.63) is 12.1 Å². The van der Waals surface area contributed by atoms with Gasteiger partial charge < -0.3 is 19.5 Å². The van der Waals surface area contributed by atoms with Crippen LogP contribution in [0, 0.1) is 0 Å². The highest BCUT2D eigenvalue weighted by Gasteiger charge is 2.27. The monoisotopic (exact) mass is 265 g/mol. The molecule has 0 amide bonds. The van der Waals surface area contributed by atoms with Crippen molar-refractivity contribution < 1.29 is 27.4 Å². The number of halogens is 3. The molecule has 0 spiro atoms. The fourth-order valence-electron chi connectivity index (χ4n) is 1.39. The van der Waals surface area contributed by atoms with Gasteiger partial charge in [-0.3, -0.25) is 0 Å². The normalized spacial score (nSPS) is 11.0. The Hall–Kier alpha value is -1.79. The number of alkyl halides is 3. The van der Waals surface area contributed by atoms with Gasteiger partial charge in [-0.25, -0.2) is 0 Å². The van der Waals surface area contributed by atoms with Crippen LogP contribution in [0.2, 0.25) is 0 Å². The highest BCUT2D eigenvalue weighted by Crippen LogP contribution is 2.40. The van der Waals surface area contributed by atoms with E-state index >= 15 is 0 Å². The van der Waals surface area contributed by atoms with Crippen LogP contribution in [-0.2, 0) is 0 Å². The molecular weight excluding hydrogens is 251 g/mol. The van der Waals surface area contributed by atoms with E-state index in [1.165, 1.54) is 33.5 Å². The van der Waals surface area contributed by atoms with Crippen LogP contribution in [0.25, 0.3) is 0 Å². The number of anilines is 1. The quantitative estimate of drug-likeness (QED) is 0.888. The molecule has 0 aliphatic carbocycles. The maximum absolute atomic E-state index is 12.1. The first kappa shape index (κ1) is 14.3. The van der Waals surface area contributed by atoms with Gasteiger partial charge in [0.25, 0.3) is 0 Å². The topological polar surface area (TPSA) is 39.7 Å². The lowest BCUT2D eigenvalue weighted by Gasteiger charge is -2.15. The third-order valence-corrected chi connectivity index (χ3v) is 2.16. The fourth-order valence-corrected chi connectivity index (χ4v) is 1.39. The van der Waals surface area contributed by atoms with E-state index in [9.17, 15) is 13.2 Å². The zero-order valence-corrected chi connectivity index (χ0v) is 10.2. The summed E-state index contributed by atoms with van der Waals surface area (Å²) < 4.78 is 51.4. The molecule has 0 heterocycles. The highest BCUT2D eigenvalue weighted by molar-refractivity contribution is 5.62. The van der Waals surface area contributed by atoms with Gasteiger partial charge in [0, 0.05) is 17.8 Å². The molecule has 0 atom stereocenters. The summed E-state index contributed by atoms with van der Waals surface area (Å²) >= 11 is 0. The third kappa shape index (κ3) is 3.61. The van der Waals surface area contributed by atoms with Crippen molar-refractivity contribution >= 4 is 5.69 Å². The molecule has 0 aromatic heterocycles. The molecule has 0 aliphatic rings. The van der Waals surface area contributed by atoms with E-state index in [1.54, 1.807) is 0 Å². The third-order valence-electron chi connectivity index (χ3n) is 2.16. The minimum atomic E-state index is -4.29. The van der Waals surface area contributed by atoms with Crippen molar-refractivity contribution in [2.24, 2.45) is 0 Å². The second-order valence-corrected chi connectivity index (χ2v) is 3.38. The van der Waals surface area contributed by atoms with E-state index < -0.39 is 12.7 Å². The number of methoxy groups -OCH3 is 3. The van der Waals surface area contributed by atoms with Crippen LogP contribution in [0.4, 0.5) is 18.9 Å². The molecule has 0 radical (unpaired) electrons. The first-order chi connectivity index (χ1) is 8.41. The van der Waals surface area contributed by atoms with Crippen molar-refractivity contribution in [2.75, 3.05) is 33.2 Å². The minimum Gasteiger partial charge on any atom is -0.493 e. The van der Waals surface area contributed by atoms with Gasteiger partial charge in [0.2, 0.25) is 5.75 Å². The SMILES string of the molecule is COc1cc(NCC(F)(F)F)cc(OC)c1OC. The molecule has 0 fully saturated rings. The lowest BCUT2D eigenvalue weighted by atomic mass is 10.2. The molecule has 1 aromatic carbocycles. The largest absolute Gasteiger partial charge is 0.493 e. The molecule has 0 saturated carbocycles. The predicted octanol–water partition coefficient (Wildman–Crippen LogP) is 2.69. The van der Waals surface area contributed by atoms with E-state index in [4.69, 9.17) is 14.2 Å². The Balaban J connectivity index is 3.00. The number of nitrogens with one attached hydrogen (secondary N) is 1. The summed E-state index contributed by atoms with van der Waals surface area (Å²) in [6, 6.07) is 2.82. The van der Waals surface area contributed by atoms with Crippen LogP contribution in [0.3, 0.4) is 0 Å². The first-order valence-electron chi connectivity index (χ1n) is 5.02. The smallest absolute Gasteiger partial charge is 0.405 e. The average molecular weight is 265 g/mol. The van der Waals surface area contributed by atoms with Crippen LogP contribution in [0.15, 0.2) is 12.1 Å². The standard InChI is InChI=1S/C11H14F3NO3/c1-16-8-4-7(15-6-11(12,13)14)5-9(17-2)10(8)18-3/h4-5,15H,6H2,1-3H3. The summed E-state index contributed by atoms with van der Waals surface area (Å²) in [5, 5.41) is 2.24. The summed E-state index contributed by atoms with van der Waals surface area (Å²) in [5.74, 6) is 0.917. The number of ether oxygens (including phenoxy) is 3. The van der Waals surface area contributed by atoms with Crippen molar-refractivity contribution in [1.29, 1.82) is 0 Å². The Morgan fingerprint density at radius 1 is 1.00 bits per heavy atom. The summed E-state index contributed by atoms with van der Waals surface area (Å²) in [4.78, 5) is 0. The fraction of sp³-hybridized carbons (Fsp3) is 0.455. The maximum atomic E-state index is 12.1. The van der Waals surface area contributed by atoms with Crippen molar-refractivity contribution in [1.82, 2.24) is 0 Å². The Bertz CT molecular complexity index is 382. The lowest BCUT2D eigenvalue weighted by Crippen LogP contribution is -2.21. The molecular formula is C11H14F3NO3. The van der Waals surface area contributed by atoms with Crippen molar-refractivity contribution in [2.45, 2.75) is 6.18 Å². The molecule has 1 N–H and O–H groups in total. The molecule has 102 valence electrons. The van der Waals surface area contributed by atoms with Gasteiger partial charge >= 0.3 is 6.18 Å². The molecule has 0 aliphatic heterocycles. The number of hydrogen-bond acceptors (Lipinski definition) is 4. The zero-order valence-electron chi connectivity index (χ0n) is 10.2. The minimum absolute atomic E-state index is 0.238. The average Bonchev–Trinajstić information content (AvgIpc) is 2.33. The van der Waals surface area contributed by atoms with Crippen LogP contribution < -0.4 is 19.5 Å². The maximum Gasteiger partial charge on any atom is 0.405 e. The molecule has 1 aromatic rings. The predicted molar refractivity (Wildman–Crippen MR) is 60.6 cm³/mol. The van der Waals surface area contributed by atoms with E-state index in [2.05, 4.69) is 5.32 Å². The molecule has 7 heteroatoms. The first-order valence-corrected chi connectivity index (χ1v) is 5.02. The van der Waals surface area contributed by atoms with Crippen molar-refractivity contribution in [3.8, 4) is 17.2 Å². The van der Waals surface area contributed by atoms with E-state index in [0.29, 0.717) is 17.2 Å². The Kier molecular flexibility index (Phi) is 4.52. The van der Waals surface area contributed by atoms with Crippen LogP contribution >= 0.6 is 0 Å². The molecule has 0 unspecified atom stereocenters. The second-order valence-electron chi connectivity index (χ2n) is 3.38. The van der Waals surface area contributed by atoms with Gasteiger partial charge in [-0.2, -0.15) is 13.2 Å². The molecule has 4 nitrogen and oxygen atoms in total. The van der Waals surface area contributed by atoms with Gasteiger partial charge in [0.15, 0.2) is 11.5 Å². The van der Waals surface area contributed by atoms with Gasteiger partial charge in [-0.1, -0.05) is 0 Å². The van der Waals surface area contributed by atoms with Gasteiger partial charge in [0.05, 0.1) is 21.3 Å². The molecule has 1 rings (SSSR count). The molecule has 0 bridgehead atoms. The summed E-state index contributed by atoms with van der Waals surface area (Å²) in [6.45, 7) is -1.13. The van der Waals surface area contributed by atoms with Gasteiger partial charge in [0.1, 0.15) is 6.54 Å². The summed E-state index contributed by atoms with van der Waals surface area (Å²) in [7, 11) is 4.21. The molecule has 18 heavy (non-hydrogen) atoms. The zero-order chi connectivity index (χ0) is 13.8. The van der Waals surface area contributed by atoms with Crippen LogP contribution in [-0.4, -0.2) is 34.1 Å². The highest BCUT2D eigenvalue weighted by atomic mass is 19.4. The van der Waals surface area contributed by atoms with Crippen LogP contribution in [0.1, 0.15) is 0 Å². The Morgan fingerprint density at radius 2 is 1.50 bits per heavy atom.